The van der Waals surface area contributed by atoms with E-state index in [1.54, 1.807) is 0 Å². The van der Waals surface area contributed by atoms with Gasteiger partial charge in [-0.05, 0) is 6.07 Å². The summed E-state index contributed by atoms with van der Waals surface area (Å²) in [5, 5.41) is 2.89. The summed E-state index contributed by atoms with van der Waals surface area (Å²) in [5.74, 6) is 0. The molecule has 0 atom stereocenters. The van der Waals surface area contributed by atoms with Crippen LogP contribution in [0, 0.1) is 0 Å². The fourth-order valence-electron chi connectivity index (χ4n) is 1.49. The Bertz CT molecular complexity index is 429. The molecule has 0 aliphatic carbocycles. The van der Waals surface area contributed by atoms with Gasteiger partial charge in [-0.25, -0.2) is 0 Å². The quantitative estimate of drug-likeness (QED) is 0.783. The molecule has 102 valence electrons. The summed E-state index contributed by atoms with van der Waals surface area (Å²) in [4.78, 5) is 11.4. The normalized spacial score (nSPS) is 11.8. The van der Waals surface area contributed by atoms with E-state index >= 15 is 0 Å². The molecule has 18 heavy (non-hydrogen) atoms. The first kappa shape index (κ1) is 14.7. The monoisotopic (exact) mass is 264 g/mol. The van der Waals surface area contributed by atoms with E-state index in [1.165, 1.54) is 7.11 Å². The number of hydrogen-bond donors (Lipinski definition) is 1. The number of methoxy groups -OCH3 is 1. The number of aromatic nitrogens is 1. The topological polar surface area (TPSA) is 43.3 Å². The van der Waals surface area contributed by atoms with Crippen LogP contribution in [0.5, 0.6) is 0 Å². The van der Waals surface area contributed by atoms with Gasteiger partial charge in [-0.2, -0.15) is 13.2 Å². The first-order chi connectivity index (χ1) is 8.46. The summed E-state index contributed by atoms with van der Waals surface area (Å²) in [6.45, 7) is 1.24. The van der Waals surface area contributed by atoms with Crippen molar-refractivity contribution >= 4 is 0 Å². The summed E-state index contributed by atoms with van der Waals surface area (Å²) < 4.78 is 43.5. The van der Waals surface area contributed by atoms with Crippen LogP contribution < -0.4 is 10.9 Å². The highest BCUT2D eigenvalue weighted by Crippen LogP contribution is 2.27. The second-order valence-corrected chi connectivity index (χ2v) is 3.64. The summed E-state index contributed by atoms with van der Waals surface area (Å²) in [7, 11) is 1.53. The van der Waals surface area contributed by atoms with Crippen molar-refractivity contribution in [3.05, 3.63) is 34.2 Å². The van der Waals surface area contributed by atoms with E-state index < -0.39 is 17.4 Å². The van der Waals surface area contributed by atoms with Crippen LogP contribution in [0.1, 0.15) is 5.69 Å². The van der Waals surface area contributed by atoms with E-state index in [0.717, 1.165) is 22.8 Å². The zero-order valence-corrected chi connectivity index (χ0v) is 9.96. The third kappa shape index (κ3) is 4.15. The lowest BCUT2D eigenvalue weighted by Gasteiger charge is -2.15. The molecule has 0 bridgehead atoms. The number of alkyl halides is 3. The SMILES string of the molecule is COCCNCCn1c(C(F)(F)F)cccc1=O. The Morgan fingerprint density at radius 2 is 2.06 bits per heavy atom. The molecule has 0 fully saturated rings. The molecule has 0 saturated heterocycles. The second-order valence-electron chi connectivity index (χ2n) is 3.64. The largest absolute Gasteiger partial charge is 0.431 e. The lowest BCUT2D eigenvalue weighted by atomic mass is 10.3. The summed E-state index contributed by atoms with van der Waals surface area (Å²) in [6.07, 6.45) is -4.52. The molecule has 1 N–H and O–H groups in total. The molecule has 0 aromatic carbocycles. The molecular weight excluding hydrogens is 249 g/mol. The highest BCUT2D eigenvalue weighted by atomic mass is 19.4. The van der Waals surface area contributed by atoms with Crippen molar-refractivity contribution < 1.29 is 17.9 Å². The van der Waals surface area contributed by atoms with E-state index in [4.69, 9.17) is 4.74 Å². The number of nitrogens with one attached hydrogen (secondary N) is 1. The molecule has 7 heteroatoms. The van der Waals surface area contributed by atoms with Crippen LogP contribution in [-0.4, -0.2) is 31.4 Å². The number of rotatable bonds is 6. The van der Waals surface area contributed by atoms with E-state index in [2.05, 4.69) is 5.32 Å². The van der Waals surface area contributed by atoms with Gasteiger partial charge in [-0.3, -0.25) is 4.79 Å². The fourth-order valence-corrected chi connectivity index (χ4v) is 1.49. The Morgan fingerprint density at radius 1 is 1.33 bits per heavy atom. The van der Waals surface area contributed by atoms with Crippen LogP contribution in [0.2, 0.25) is 0 Å². The molecular formula is C11H15F3N2O2. The van der Waals surface area contributed by atoms with Gasteiger partial charge in [0.15, 0.2) is 0 Å². The molecule has 0 unspecified atom stereocenters. The third-order valence-electron chi connectivity index (χ3n) is 2.34. The van der Waals surface area contributed by atoms with Crippen LogP contribution in [-0.2, 0) is 17.5 Å². The highest BCUT2D eigenvalue weighted by molar-refractivity contribution is 5.10. The van der Waals surface area contributed by atoms with Crippen molar-refractivity contribution in [3.8, 4) is 0 Å². The Hall–Kier alpha value is -1.34. The van der Waals surface area contributed by atoms with Crippen LogP contribution in [0.25, 0.3) is 0 Å². The maximum Gasteiger partial charge on any atom is 0.431 e. The van der Waals surface area contributed by atoms with Crippen molar-refractivity contribution in [2.45, 2.75) is 12.7 Å². The molecule has 1 rings (SSSR count). The van der Waals surface area contributed by atoms with Crippen LogP contribution in [0.3, 0.4) is 0 Å². The van der Waals surface area contributed by atoms with Crippen molar-refractivity contribution in [1.29, 1.82) is 0 Å². The summed E-state index contributed by atoms with van der Waals surface area (Å²) in [5.41, 5.74) is -1.58. The van der Waals surface area contributed by atoms with Crippen molar-refractivity contribution in [3.63, 3.8) is 0 Å². The van der Waals surface area contributed by atoms with Crippen molar-refractivity contribution in [2.24, 2.45) is 0 Å². The standard InChI is InChI=1S/C11H15F3N2O2/c1-18-8-6-15-5-7-16-9(11(12,13)14)3-2-4-10(16)17/h2-4,15H,5-8H2,1H3. The molecule has 0 spiro atoms. The summed E-state index contributed by atoms with van der Waals surface area (Å²) >= 11 is 0. The van der Waals surface area contributed by atoms with Gasteiger partial charge in [0.1, 0.15) is 5.69 Å². The number of pyridine rings is 1. The Labute approximate surface area is 102 Å². The van der Waals surface area contributed by atoms with Crippen molar-refractivity contribution in [2.75, 3.05) is 26.8 Å². The Kier molecular flexibility index (Phi) is 5.36. The predicted molar refractivity (Wildman–Crippen MR) is 60.4 cm³/mol. The lowest BCUT2D eigenvalue weighted by Crippen LogP contribution is -2.32. The number of nitrogens with zero attached hydrogens (tertiary/aromatic N) is 1. The average Bonchev–Trinajstić information content (AvgIpc) is 2.29. The minimum Gasteiger partial charge on any atom is -0.383 e. The van der Waals surface area contributed by atoms with Gasteiger partial charge in [-0.1, -0.05) is 6.07 Å². The van der Waals surface area contributed by atoms with E-state index in [9.17, 15) is 18.0 Å². The average molecular weight is 264 g/mol. The first-order valence-electron chi connectivity index (χ1n) is 5.43. The predicted octanol–water partition coefficient (Wildman–Crippen LogP) is 1.10. The third-order valence-corrected chi connectivity index (χ3v) is 2.34. The smallest absolute Gasteiger partial charge is 0.383 e. The van der Waals surface area contributed by atoms with Crippen LogP contribution in [0.4, 0.5) is 13.2 Å². The van der Waals surface area contributed by atoms with E-state index in [1.807, 2.05) is 0 Å². The molecule has 4 nitrogen and oxygen atoms in total. The Morgan fingerprint density at radius 3 is 2.67 bits per heavy atom. The van der Waals surface area contributed by atoms with Gasteiger partial charge in [0.2, 0.25) is 0 Å². The van der Waals surface area contributed by atoms with Crippen LogP contribution in [0.15, 0.2) is 23.0 Å². The zero-order valence-electron chi connectivity index (χ0n) is 9.96. The number of halogens is 3. The molecule has 0 aliphatic heterocycles. The first-order valence-corrected chi connectivity index (χ1v) is 5.43. The molecule has 1 aromatic heterocycles. The summed E-state index contributed by atoms with van der Waals surface area (Å²) in [6, 6.07) is 3.13. The minimum atomic E-state index is -4.52. The fraction of sp³-hybridized carbons (Fsp3) is 0.545. The number of hydrogen-bond acceptors (Lipinski definition) is 3. The zero-order chi connectivity index (χ0) is 13.6. The van der Waals surface area contributed by atoms with Crippen LogP contribution >= 0.6 is 0 Å². The van der Waals surface area contributed by atoms with Gasteiger partial charge in [-0.15, -0.1) is 0 Å². The molecule has 0 radical (unpaired) electrons. The lowest BCUT2D eigenvalue weighted by molar-refractivity contribution is -0.144. The molecule has 1 aromatic rings. The second kappa shape index (κ2) is 6.55. The Balaban J connectivity index is 2.72. The van der Waals surface area contributed by atoms with Gasteiger partial charge in [0.25, 0.3) is 5.56 Å². The van der Waals surface area contributed by atoms with Gasteiger partial charge in [0.05, 0.1) is 6.61 Å². The number of ether oxygens (including phenoxy) is 1. The minimum absolute atomic E-state index is 0.0295. The van der Waals surface area contributed by atoms with E-state index in [-0.39, 0.29) is 13.1 Å². The van der Waals surface area contributed by atoms with Crippen molar-refractivity contribution in [1.82, 2.24) is 9.88 Å². The molecule has 1 heterocycles. The molecule has 0 aliphatic rings. The van der Waals surface area contributed by atoms with Gasteiger partial charge < -0.3 is 14.6 Å². The molecule has 0 saturated carbocycles. The maximum atomic E-state index is 12.7. The molecule has 0 amide bonds. The maximum absolute atomic E-state index is 12.7. The van der Waals surface area contributed by atoms with E-state index in [0.29, 0.717) is 13.2 Å². The van der Waals surface area contributed by atoms with Gasteiger partial charge >= 0.3 is 6.18 Å². The highest BCUT2D eigenvalue weighted by Gasteiger charge is 2.33. The van der Waals surface area contributed by atoms with Gasteiger partial charge in [0, 0.05) is 32.8 Å².